The molecule has 1 aliphatic heterocycles. The van der Waals surface area contributed by atoms with Crippen molar-refractivity contribution >= 4 is 33.2 Å². The molecular weight excluding hydrogens is 437 g/mol. The van der Waals surface area contributed by atoms with Crippen molar-refractivity contribution in [3.63, 3.8) is 0 Å². The maximum absolute atomic E-state index is 13.1. The van der Waals surface area contributed by atoms with Crippen LogP contribution in [0.1, 0.15) is 19.8 Å². The Morgan fingerprint density at radius 2 is 1.84 bits per heavy atom. The average molecular weight is 464 g/mol. The van der Waals surface area contributed by atoms with Crippen LogP contribution in [-0.4, -0.2) is 46.5 Å². The van der Waals surface area contributed by atoms with Gasteiger partial charge < -0.3 is 15.0 Å². The van der Waals surface area contributed by atoms with Crippen molar-refractivity contribution in [3.05, 3.63) is 54.3 Å². The van der Waals surface area contributed by atoms with Crippen LogP contribution in [0.2, 0.25) is 0 Å². The minimum atomic E-state index is -3.65. The lowest BCUT2D eigenvalue weighted by atomic mass is 10.1. The van der Waals surface area contributed by atoms with Gasteiger partial charge in [0.15, 0.2) is 0 Å². The van der Waals surface area contributed by atoms with E-state index in [0.29, 0.717) is 31.0 Å². The molecule has 0 bridgehead atoms. The van der Waals surface area contributed by atoms with E-state index in [1.165, 1.54) is 53.4 Å². The van der Waals surface area contributed by atoms with E-state index in [1.54, 1.807) is 0 Å². The van der Waals surface area contributed by atoms with Crippen molar-refractivity contribution in [3.8, 4) is 0 Å². The van der Waals surface area contributed by atoms with Gasteiger partial charge in [0.25, 0.3) is 0 Å². The van der Waals surface area contributed by atoms with E-state index < -0.39 is 21.8 Å². The van der Waals surface area contributed by atoms with Crippen molar-refractivity contribution in [1.82, 2.24) is 4.72 Å². The maximum Gasteiger partial charge on any atom is 0.240 e. The van der Waals surface area contributed by atoms with E-state index in [0.717, 1.165) is 0 Å². The first kappa shape index (κ1) is 23.8. The largest absolute Gasteiger partial charge is 0.382 e. The summed E-state index contributed by atoms with van der Waals surface area (Å²) in [6, 6.07) is 11.3. The molecule has 1 saturated heterocycles. The number of carbonyl (C=O) groups excluding carboxylic acids is 2. The van der Waals surface area contributed by atoms with Crippen molar-refractivity contribution in [1.29, 1.82) is 0 Å². The molecule has 2 aromatic carbocycles. The van der Waals surface area contributed by atoms with Gasteiger partial charge in [0.05, 0.1) is 10.8 Å². The summed E-state index contributed by atoms with van der Waals surface area (Å²) >= 11 is 0. The number of nitrogens with zero attached hydrogens (tertiary/aromatic N) is 1. The fourth-order valence-electron chi connectivity index (χ4n) is 3.32. The zero-order valence-electron chi connectivity index (χ0n) is 17.7. The SMILES string of the molecule is CCOCCCNS(=O)(=O)c1ccc(NC(=O)[C@H]2CC(=O)N(c3ccc(F)cc3)C2)cc1. The number of nitrogens with one attached hydrogen (secondary N) is 2. The summed E-state index contributed by atoms with van der Waals surface area (Å²) in [6.07, 6.45) is 0.609. The first-order chi connectivity index (χ1) is 15.3. The number of hydrogen-bond acceptors (Lipinski definition) is 5. The Morgan fingerprint density at radius 1 is 1.16 bits per heavy atom. The normalized spacial score (nSPS) is 16.4. The molecule has 2 amide bonds. The number of sulfonamides is 1. The number of anilines is 2. The van der Waals surface area contributed by atoms with Gasteiger partial charge in [0, 0.05) is 44.1 Å². The summed E-state index contributed by atoms with van der Waals surface area (Å²) in [6.45, 7) is 3.39. The second-order valence-electron chi connectivity index (χ2n) is 7.34. The van der Waals surface area contributed by atoms with Crippen LogP contribution in [-0.2, 0) is 24.3 Å². The summed E-state index contributed by atoms with van der Waals surface area (Å²) in [4.78, 5) is 26.4. The highest BCUT2D eigenvalue weighted by atomic mass is 32.2. The minimum absolute atomic E-state index is 0.0430. The van der Waals surface area contributed by atoms with Crippen LogP contribution in [0, 0.1) is 11.7 Å². The zero-order valence-corrected chi connectivity index (χ0v) is 18.5. The lowest BCUT2D eigenvalue weighted by molar-refractivity contribution is -0.122. The third-order valence-electron chi connectivity index (χ3n) is 5.03. The number of carbonyl (C=O) groups is 2. The van der Waals surface area contributed by atoms with Crippen LogP contribution >= 0.6 is 0 Å². The number of amides is 2. The Bertz CT molecular complexity index is 1040. The number of hydrogen-bond donors (Lipinski definition) is 2. The average Bonchev–Trinajstić information content (AvgIpc) is 3.16. The van der Waals surface area contributed by atoms with Gasteiger partial charge in [-0.15, -0.1) is 0 Å². The topological polar surface area (TPSA) is 105 Å². The van der Waals surface area contributed by atoms with Crippen LogP contribution in [0.3, 0.4) is 0 Å². The molecule has 8 nitrogen and oxygen atoms in total. The van der Waals surface area contributed by atoms with Gasteiger partial charge in [-0.25, -0.2) is 17.5 Å². The van der Waals surface area contributed by atoms with Crippen LogP contribution in [0.5, 0.6) is 0 Å². The van der Waals surface area contributed by atoms with Gasteiger partial charge in [-0.05, 0) is 61.9 Å². The predicted molar refractivity (Wildman–Crippen MR) is 118 cm³/mol. The molecule has 0 saturated carbocycles. The summed E-state index contributed by atoms with van der Waals surface area (Å²) in [5, 5.41) is 2.72. The molecule has 2 N–H and O–H groups in total. The number of rotatable bonds is 10. The molecule has 172 valence electrons. The number of benzene rings is 2. The van der Waals surface area contributed by atoms with Gasteiger partial charge in [-0.3, -0.25) is 9.59 Å². The van der Waals surface area contributed by atoms with E-state index in [-0.39, 0.29) is 36.2 Å². The van der Waals surface area contributed by atoms with Crippen LogP contribution in [0.25, 0.3) is 0 Å². The molecular formula is C22H26FN3O5S. The monoisotopic (exact) mass is 463 g/mol. The summed E-state index contributed by atoms with van der Waals surface area (Å²) in [5.41, 5.74) is 0.966. The van der Waals surface area contributed by atoms with E-state index in [9.17, 15) is 22.4 Å². The van der Waals surface area contributed by atoms with Crippen molar-refractivity contribution < 1.29 is 27.1 Å². The van der Waals surface area contributed by atoms with Crippen LogP contribution in [0.15, 0.2) is 53.4 Å². The van der Waals surface area contributed by atoms with E-state index in [2.05, 4.69) is 10.0 Å². The van der Waals surface area contributed by atoms with E-state index >= 15 is 0 Å². The van der Waals surface area contributed by atoms with Gasteiger partial charge in [-0.2, -0.15) is 0 Å². The summed E-state index contributed by atoms with van der Waals surface area (Å²) in [7, 11) is -3.65. The Labute approximate surface area is 186 Å². The Morgan fingerprint density at radius 3 is 2.50 bits per heavy atom. The molecule has 2 aromatic rings. The molecule has 3 rings (SSSR count). The first-order valence-electron chi connectivity index (χ1n) is 10.3. The fourth-order valence-corrected chi connectivity index (χ4v) is 4.40. The second-order valence-corrected chi connectivity index (χ2v) is 9.11. The minimum Gasteiger partial charge on any atom is -0.382 e. The molecule has 32 heavy (non-hydrogen) atoms. The van der Waals surface area contributed by atoms with Gasteiger partial charge >= 0.3 is 0 Å². The molecule has 1 atom stereocenters. The predicted octanol–water partition coefficient (Wildman–Crippen LogP) is 2.52. The summed E-state index contributed by atoms with van der Waals surface area (Å²) < 4.78 is 45.5. The van der Waals surface area contributed by atoms with E-state index in [4.69, 9.17) is 4.74 Å². The lowest BCUT2D eigenvalue weighted by Crippen LogP contribution is -2.28. The van der Waals surface area contributed by atoms with Crippen molar-refractivity contribution in [2.24, 2.45) is 5.92 Å². The molecule has 10 heteroatoms. The molecule has 0 unspecified atom stereocenters. The van der Waals surface area contributed by atoms with Crippen LogP contribution in [0.4, 0.5) is 15.8 Å². The summed E-state index contributed by atoms with van der Waals surface area (Å²) in [5.74, 6) is -1.52. The smallest absolute Gasteiger partial charge is 0.240 e. The lowest BCUT2D eigenvalue weighted by Gasteiger charge is -2.16. The molecule has 1 fully saturated rings. The number of halogens is 1. The Hall–Kier alpha value is -2.82. The standard InChI is InChI=1S/C22H26FN3O5S/c1-2-31-13-3-12-24-32(29,30)20-10-6-18(7-11-20)25-22(28)16-14-21(27)26(15-16)19-8-4-17(23)5-9-19/h4-11,16,24H,2-3,12-15H2,1H3,(H,25,28)/t16-/m0/s1. The van der Waals surface area contributed by atoms with Gasteiger partial charge in [0.1, 0.15) is 5.82 Å². The third kappa shape index (κ3) is 6.12. The van der Waals surface area contributed by atoms with Gasteiger partial charge in [0.2, 0.25) is 21.8 Å². The molecule has 1 heterocycles. The zero-order chi connectivity index (χ0) is 23.1. The quantitative estimate of drug-likeness (QED) is 0.527. The Kier molecular flexibility index (Phi) is 7.94. The Balaban J connectivity index is 1.55. The molecule has 0 aromatic heterocycles. The number of ether oxygens (including phenoxy) is 1. The highest BCUT2D eigenvalue weighted by Gasteiger charge is 2.35. The second kappa shape index (κ2) is 10.7. The van der Waals surface area contributed by atoms with E-state index in [1.807, 2.05) is 6.92 Å². The fraction of sp³-hybridized carbons (Fsp3) is 0.364. The highest BCUT2D eigenvalue weighted by molar-refractivity contribution is 7.89. The molecule has 1 aliphatic rings. The third-order valence-corrected chi connectivity index (χ3v) is 6.50. The van der Waals surface area contributed by atoms with Crippen molar-refractivity contribution in [2.45, 2.75) is 24.7 Å². The van der Waals surface area contributed by atoms with Gasteiger partial charge in [-0.1, -0.05) is 0 Å². The molecule has 0 aliphatic carbocycles. The first-order valence-corrected chi connectivity index (χ1v) is 11.8. The molecule has 0 spiro atoms. The molecule has 0 radical (unpaired) electrons. The van der Waals surface area contributed by atoms with Crippen molar-refractivity contribution in [2.75, 3.05) is 36.5 Å². The van der Waals surface area contributed by atoms with Crippen LogP contribution < -0.4 is 14.9 Å². The highest BCUT2D eigenvalue weighted by Crippen LogP contribution is 2.26. The maximum atomic E-state index is 13.1.